The number of anilines is 1. The summed E-state index contributed by atoms with van der Waals surface area (Å²) in [5.41, 5.74) is 0.710. The Morgan fingerprint density at radius 2 is 2.08 bits per heavy atom. The zero-order valence-electron chi connectivity index (χ0n) is 13.9. The van der Waals surface area contributed by atoms with Crippen LogP contribution in [-0.4, -0.2) is 62.9 Å². The number of fused-ring (bicyclic) bond motifs is 1. The molecule has 4 rings (SSSR count). The molecule has 2 aromatic heterocycles. The van der Waals surface area contributed by atoms with Crippen LogP contribution >= 0.6 is 11.3 Å². The Kier molecular flexibility index (Phi) is 4.28. The van der Waals surface area contributed by atoms with E-state index in [1.165, 1.54) is 15.9 Å². The summed E-state index contributed by atoms with van der Waals surface area (Å²) in [7, 11) is 0. The number of aliphatic hydroxyl groups is 1. The third-order valence-electron chi connectivity index (χ3n) is 5.15. The van der Waals surface area contributed by atoms with E-state index in [0.717, 1.165) is 62.7 Å². The van der Waals surface area contributed by atoms with Crippen LogP contribution in [-0.2, 0) is 6.42 Å². The molecule has 8 heteroatoms. The van der Waals surface area contributed by atoms with Gasteiger partial charge < -0.3 is 10.0 Å². The van der Waals surface area contributed by atoms with Gasteiger partial charge in [0.05, 0.1) is 6.10 Å². The highest BCUT2D eigenvalue weighted by atomic mass is 32.1. The van der Waals surface area contributed by atoms with Gasteiger partial charge in [-0.3, -0.25) is 9.69 Å². The van der Waals surface area contributed by atoms with Crippen molar-refractivity contribution in [1.29, 1.82) is 0 Å². The first-order valence-corrected chi connectivity index (χ1v) is 9.54. The van der Waals surface area contributed by atoms with E-state index in [-0.39, 0.29) is 11.7 Å². The average molecular weight is 349 g/mol. The Morgan fingerprint density at radius 3 is 2.75 bits per heavy atom. The minimum absolute atomic E-state index is 0.105. The number of piperazine rings is 1. The van der Waals surface area contributed by atoms with Crippen molar-refractivity contribution in [2.45, 2.75) is 44.8 Å². The van der Waals surface area contributed by atoms with Gasteiger partial charge in [0.25, 0.3) is 5.56 Å². The van der Waals surface area contributed by atoms with E-state index in [1.807, 2.05) is 6.92 Å². The number of rotatable bonds is 3. The predicted molar refractivity (Wildman–Crippen MR) is 93.9 cm³/mol. The summed E-state index contributed by atoms with van der Waals surface area (Å²) in [4.78, 5) is 21.9. The Morgan fingerprint density at radius 1 is 1.29 bits per heavy atom. The van der Waals surface area contributed by atoms with Crippen molar-refractivity contribution in [1.82, 2.24) is 19.5 Å². The second-order valence-electron chi connectivity index (χ2n) is 6.61. The zero-order chi connectivity index (χ0) is 16.7. The minimum Gasteiger partial charge on any atom is -0.391 e. The number of aromatic nitrogens is 3. The van der Waals surface area contributed by atoms with Gasteiger partial charge in [-0.2, -0.15) is 4.52 Å². The molecule has 0 amide bonds. The van der Waals surface area contributed by atoms with E-state index in [4.69, 9.17) is 0 Å². The summed E-state index contributed by atoms with van der Waals surface area (Å²) in [5.74, 6) is 0. The summed E-state index contributed by atoms with van der Waals surface area (Å²) >= 11 is 1.48. The van der Waals surface area contributed by atoms with Crippen molar-refractivity contribution >= 4 is 21.4 Å². The van der Waals surface area contributed by atoms with Crippen LogP contribution in [0.1, 0.15) is 31.9 Å². The highest BCUT2D eigenvalue weighted by Crippen LogP contribution is 2.27. The molecule has 2 aliphatic rings. The fourth-order valence-corrected chi connectivity index (χ4v) is 4.72. The summed E-state index contributed by atoms with van der Waals surface area (Å²) in [5, 5.41) is 15.4. The third kappa shape index (κ3) is 2.82. The molecule has 2 aromatic rings. The topological polar surface area (TPSA) is 74.0 Å². The fourth-order valence-electron chi connectivity index (χ4n) is 3.75. The Balaban J connectivity index is 1.50. The maximum absolute atomic E-state index is 12.1. The lowest BCUT2D eigenvalue weighted by Crippen LogP contribution is -2.52. The van der Waals surface area contributed by atoms with Crippen molar-refractivity contribution in [3.05, 3.63) is 22.1 Å². The maximum Gasteiger partial charge on any atom is 0.275 e. The van der Waals surface area contributed by atoms with Gasteiger partial charge in [-0.25, -0.2) is 4.98 Å². The van der Waals surface area contributed by atoms with Crippen molar-refractivity contribution < 1.29 is 5.11 Å². The van der Waals surface area contributed by atoms with Crippen LogP contribution in [0.3, 0.4) is 0 Å². The molecule has 2 atom stereocenters. The molecule has 2 fully saturated rings. The van der Waals surface area contributed by atoms with Crippen LogP contribution in [0, 0.1) is 0 Å². The molecule has 3 heterocycles. The summed E-state index contributed by atoms with van der Waals surface area (Å²) < 4.78 is 1.41. The van der Waals surface area contributed by atoms with Crippen LogP contribution in [0.25, 0.3) is 4.96 Å². The van der Waals surface area contributed by atoms with E-state index in [1.54, 1.807) is 6.07 Å². The molecule has 1 N–H and O–H groups in total. The quantitative estimate of drug-likeness (QED) is 0.881. The molecule has 0 aromatic carbocycles. The first kappa shape index (κ1) is 16.0. The largest absolute Gasteiger partial charge is 0.391 e. The molecule has 1 aliphatic heterocycles. The van der Waals surface area contributed by atoms with Crippen molar-refractivity contribution in [3.63, 3.8) is 0 Å². The monoisotopic (exact) mass is 349 g/mol. The first-order valence-electron chi connectivity index (χ1n) is 8.72. The summed E-state index contributed by atoms with van der Waals surface area (Å²) in [6, 6.07) is 1.88. The molecule has 0 spiro atoms. The van der Waals surface area contributed by atoms with E-state index in [9.17, 15) is 9.90 Å². The Labute approximate surface area is 144 Å². The summed E-state index contributed by atoms with van der Waals surface area (Å²) in [6.07, 6.45) is 3.73. The van der Waals surface area contributed by atoms with Crippen molar-refractivity contribution in [2.24, 2.45) is 0 Å². The average Bonchev–Trinajstić information content (AvgIpc) is 3.21. The lowest BCUT2D eigenvalue weighted by molar-refractivity contribution is 0.0671. The molecule has 0 unspecified atom stereocenters. The van der Waals surface area contributed by atoms with Gasteiger partial charge >= 0.3 is 0 Å². The molecule has 0 radical (unpaired) electrons. The molecule has 0 bridgehead atoms. The van der Waals surface area contributed by atoms with E-state index in [0.29, 0.717) is 11.0 Å². The minimum atomic E-state index is -0.172. The molecule has 1 saturated heterocycles. The normalized spacial score (nSPS) is 25.7. The zero-order valence-corrected chi connectivity index (χ0v) is 14.7. The van der Waals surface area contributed by atoms with Gasteiger partial charge in [-0.05, 0) is 25.7 Å². The van der Waals surface area contributed by atoms with Gasteiger partial charge in [0.1, 0.15) is 0 Å². The van der Waals surface area contributed by atoms with E-state index >= 15 is 0 Å². The van der Waals surface area contributed by atoms with Crippen LogP contribution in [0.15, 0.2) is 10.9 Å². The molecule has 24 heavy (non-hydrogen) atoms. The van der Waals surface area contributed by atoms with Gasteiger partial charge in [0.2, 0.25) is 10.1 Å². The highest BCUT2D eigenvalue weighted by Gasteiger charge is 2.33. The molecule has 1 aliphatic carbocycles. The first-order chi connectivity index (χ1) is 11.7. The van der Waals surface area contributed by atoms with Gasteiger partial charge in [0, 0.05) is 44.0 Å². The van der Waals surface area contributed by atoms with Crippen molar-refractivity contribution in [2.75, 3.05) is 31.1 Å². The maximum atomic E-state index is 12.1. The van der Waals surface area contributed by atoms with Crippen LogP contribution in [0.2, 0.25) is 0 Å². The second-order valence-corrected chi connectivity index (χ2v) is 7.54. The van der Waals surface area contributed by atoms with Crippen LogP contribution in [0.4, 0.5) is 5.13 Å². The van der Waals surface area contributed by atoms with Gasteiger partial charge in [0.15, 0.2) is 0 Å². The molecular weight excluding hydrogens is 326 g/mol. The standard InChI is InChI=1S/C16H23N5O2S/c1-2-11-10-14(23)21-15(17-11)24-16(18-21)20-8-6-19(7-9-20)12-4-3-5-13(12)22/h10,12-13,22H,2-9H2,1H3/t12-,13-/m0/s1. The number of aryl methyl sites for hydroxylation is 1. The fraction of sp³-hybridized carbons (Fsp3) is 0.688. The predicted octanol–water partition coefficient (Wildman–Crippen LogP) is 0.749. The lowest BCUT2D eigenvalue weighted by Gasteiger charge is -2.38. The molecule has 1 saturated carbocycles. The lowest BCUT2D eigenvalue weighted by atomic mass is 10.1. The van der Waals surface area contributed by atoms with Crippen LogP contribution in [0.5, 0.6) is 0 Å². The molecule has 7 nitrogen and oxygen atoms in total. The number of aliphatic hydroxyl groups excluding tert-OH is 1. The number of hydrogen-bond acceptors (Lipinski definition) is 7. The second kappa shape index (κ2) is 6.42. The summed E-state index contributed by atoms with van der Waals surface area (Å²) in [6.45, 7) is 5.61. The molecular formula is C16H23N5O2S. The highest BCUT2D eigenvalue weighted by molar-refractivity contribution is 7.20. The van der Waals surface area contributed by atoms with E-state index < -0.39 is 0 Å². The number of nitrogens with zero attached hydrogens (tertiary/aromatic N) is 5. The molecule has 130 valence electrons. The SMILES string of the molecule is CCc1cc(=O)n2nc(N3CCN([C@H]4CCC[C@@H]4O)CC3)sc2n1. The smallest absolute Gasteiger partial charge is 0.275 e. The van der Waals surface area contributed by atoms with Gasteiger partial charge in [-0.15, -0.1) is 5.10 Å². The third-order valence-corrected chi connectivity index (χ3v) is 6.12. The van der Waals surface area contributed by atoms with Gasteiger partial charge in [-0.1, -0.05) is 18.3 Å². The Bertz CT molecular complexity index is 780. The number of hydrogen-bond donors (Lipinski definition) is 1. The van der Waals surface area contributed by atoms with E-state index in [2.05, 4.69) is 19.9 Å². The Hall–Kier alpha value is -1.51. The van der Waals surface area contributed by atoms with Crippen LogP contribution < -0.4 is 10.5 Å². The van der Waals surface area contributed by atoms with Crippen molar-refractivity contribution in [3.8, 4) is 0 Å².